The number of rotatable bonds is 7. The van der Waals surface area contributed by atoms with Crippen molar-refractivity contribution in [3.8, 4) is 16.9 Å². The molecule has 32 heavy (non-hydrogen) atoms. The van der Waals surface area contributed by atoms with Crippen LogP contribution < -0.4 is 4.74 Å². The van der Waals surface area contributed by atoms with E-state index >= 15 is 0 Å². The van der Waals surface area contributed by atoms with E-state index in [2.05, 4.69) is 6.58 Å². The second kappa shape index (κ2) is 8.28. The van der Waals surface area contributed by atoms with E-state index in [-0.39, 0.29) is 17.6 Å². The molecule has 0 N–H and O–H groups in total. The van der Waals surface area contributed by atoms with Crippen molar-refractivity contribution in [1.82, 2.24) is 4.90 Å². The number of carbonyl (C=O) groups is 1. The molecule has 1 saturated carbocycles. The van der Waals surface area contributed by atoms with Crippen LogP contribution in [0, 0.1) is 17.3 Å². The molecule has 2 fully saturated rings. The van der Waals surface area contributed by atoms with Gasteiger partial charge in [-0.2, -0.15) is 0 Å². The standard InChI is InChI=1S/C25H29NO5S/c1-5-25-16-26(24(27)31-17(2)3)14-22(25)23(25)15-30-20-10-6-18(7-11-20)19-8-12-21(13-9-19)32(4,28)29/h5-13,17,22-23H,1,14-16H2,2-4H3. The zero-order valence-corrected chi connectivity index (χ0v) is 19.5. The highest BCUT2D eigenvalue weighted by molar-refractivity contribution is 7.90. The van der Waals surface area contributed by atoms with Crippen molar-refractivity contribution in [2.75, 3.05) is 26.0 Å². The first-order valence-corrected chi connectivity index (χ1v) is 12.7. The van der Waals surface area contributed by atoms with Crippen molar-refractivity contribution in [1.29, 1.82) is 0 Å². The molecule has 0 aromatic heterocycles. The molecule has 170 valence electrons. The van der Waals surface area contributed by atoms with Crippen molar-refractivity contribution >= 4 is 15.9 Å². The van der Waals surface area contributed by atoms with Gasteiger partial charge in [-0.25, -0.2) is 13.2 Å². The van der Waals surface area contributed by atoms with E-state index in [0.29, 0.717) is 36.4 Å². The Hall–Kier alpha value is -2.80. The van der Waals surface area contributed by atoms with Gasteiger partial charge in [0.05, 0.1) is 17.6 Å². The summed E-state index contributed by atoms with van der Waals surface area (Å²) in [5.41, 5.74) is 1.85. The van der Waals surface area contributed by atoms with Crippen LogP contribution in [0.4, 0.5) is 4.79 Å². The molecule has 7 heteroatoms. The van der Waals surface area contributed by atoms with Gasteiger partial charge in [-0.1, -0.05) is 30.3 Å². The summed E-state index contributed by atoms with van der Waals surface area (Å²) in [6.45, 7) is 9.59. The summed E-state index contributed by atoms with van der Waals surface area (Å²) in [5, 5.41) is 0. The number of ether oxygens (including phenoxy) is 2. The number of hydrogen-bond donors (Lipinski definition) is 0. The van der Waals surface area contributed by atoms with Crippen molar-refractivity contribution in [3.63, 3.8) is 0 Å². The molecule has 1 amide bonds. The maximum absolute atomic E-state index is 12.2. The summed E-state index contributed by atoms with van der Waals surface area (Å²) in [5.74, 6) is 1.47. The highest BCUT2D eigenvalue weighted by atomic mass is 32.2. The quantitative estimate of drug-likeness (QED) is 0.578. The Morgan fingerprint density at radius 2 is 1.75 bits per heavy atom. The van der Waals surface area contributed by atoms with Gasteiger partial charge in [0.1, 0.15) is 5.75 Å². The van der Waals surface area contributed by atoms with Gasteiger partial charge in [0, 0.05) is 30.7 Å². The Labute approximate surface area is 189 Å². The number of benzene rings is 2. The zero-order chi connectivity index (χ0) is 23.1. The lowest BCUT2D eigenvalue weighted by Crippen LogP contribution is -2.35. The molecule has 2 aromatic rings. The molecule has 1 saturated heterocycles. The van der Waals surface area contributed by atoms with E-state index in [4.69, 9.17) is 9.47 Å². The number of amides is 1. The van der Waals surface area contributed by atoms with Crippen LogP contribution in [0.3, 0.4) is 0 Å². The highest BCUT2D eigenvalue weighted by Crippen LogP contribution is 2.64. The lowest BCUT2D eigenvalue weighted by Gasteiger charge is -2.23. The average molecular weight is 456 g/mol. The van der Waals surface area contributed by atoms with Gasteiger partial charge in [0.25, 0.3) is 0 Å². The molecule has 1 heterocycles. The summed E-state index contributed by atoms with van der Waals surface area (Å²) in [6.07, 6.45) is 2.79. The molecule has 0 bridgehead atoms. The molecule has 4 rings (SSSR count). The topological polar surface area (TPSA) is 72.9 Å². The van der Waals surface area contributed by atoms with Crippen LogP contribution in [-0.4, -0.2) is 51.5 Å². The van der Waals surface area contributed by atoms with E-state index in [1.165, 1.54) is 6.26 Å². The van der Waals surface area contributed by atoms with Crippen LogP contribution in [0.5, 0.6) is 5.75 Å². The number of fused-ring (bicyclic) bond motifs is 1. The molecule has 0 radical (unpaired) electrons. The summed E-state index contributed by atoms with van der Waals surface area (Å²) in [7, 11) is -3.20. The second-order valence-electron chi connectivity index (χ2n) is 8.97. The maximum Gasteiger partial charge on any atom is 0.410 e. The third-order valence-electron chi connectivity index (χ3n) is 6.51. The predicted molar refractivity (Wildman–Crippen MR) is 123 cm³/mol. The number of sulfone groups is 1. The molecule has 2 aliphatic rings. The summed E-state index contributed by atoms with van der Waals surface area (Å²) >= 11 is 0. The monoisotopic (exact) mass is 455 g/mol. The van der Waals surface area contributed by atoms with Crippen molar-refractivity contribution < 1.29 is 22.7 Å². The number of hydrogen-bond acceptors (Lipinski definition) is 5. The Bertz CT molecular complexity index is 1110. The molecule has 3 unspecified atom stereocenters. The van der Waals surface area contributed by atoms with E-state index in [9.17, 15) is 13.2 Å². The van der Waals surface area contributed by atoms with Crippen LogP contribution in [0.2, 0.25) is 0 Å². The fourth-order valence-electron chi connectivity index (χ4n) is 4.67. The minimum atomic E-state index is -3.20. The summed E-state index contributed by atoms with van der Waals surface area (Å²) < 4.78 is 34.6. The van der Waals surface area contributed by atoms with Crippen LogP contribution in [0.1, 0.15) is 13.8 Å². The fourth-order valence-corrected chi connectivity index (χ4v) is 5.30. The third kappa shape index (κ3) is 4.26. The molecule has 1 aliphatic heterocycles. The molecule has 1 aliphatic carbocycles. The van der Waals surface area contributed by atoms with Crippen molar-refractivity contribution in [3.05, 3.63) is 61.2 Å². The largest absolute Gasteiger partial charge is 0.493 e. The Morgan fingerprint density at radius 1 is 1.16 bits per heavy atom. The first-order chi connectivity index (χ1) is 15.1. The van der Waals surface area contributed by atoms with Gasteiger partial charge in [0.15, 0.2) is 9.84 Å². The van der Waals surface area contributed by atoms with Crippen molar-refractivity contribution in [2.45, 2.75) is 24.8 Å². The highest BCUT2D eigenvalue weighted by Gasteiger charge is 2.68. The van der Waals surface area contributed by atoms with Gasteiger partial charge in [-0.15, -0.1) is 6.58 Å². The minimum Gasteiger partial charge on any atom is -0.493 e. The number of piperidine rings is 1. The lowest BCUT2D eigenvalue weighted by atomic mass is 10.0. The van der Waals surface area contributed by atoms with Crippen LogP contribution in [0.25, 0.3) is 11.1 Å². The molecule has 2 aromatic carbocycles. The van der Waals surface area contributed by atoms with Gasteiger partial charge < -0.3 is 14.4 Å². The minimum absolute atomic E-state index is 0.0860. The number of nitrogens with zero attached hydrogens (tertiary/aromatic N) is 1. The van der Waals surface area contributed by atoms with Gasteiger partial charge in [-0.3, -0.25) is 0 Å². The summed E-state index contributed by atoms with van der Waals surface area (Å²) in [4.78, 5) is 14.3. The summed E-state index contributed by atoms with van der Waals surface area (Å²) in [6, 6.07) is 14.6. The van der Waals surface area contributed by atoms with Crippen LogP contribution >= 0.6 is 0 Å². The Kier molecular flexibility index (Phi) is 5.79. The number of likely N-dealkylation sites (tertiary alicyclic amines) is 1. The van der Waals surface area contributed by atoms with Crippen LogP contribution in [-0.2, 0) is 14.6 Å². The zero-order valence-electron chi connectivity index (χ0n) is 18.7. The first kappa shape index (κ1) is 22.4. The Balaban J connectivity index is 1.34. The predicted octanol–water partition coefficient (Wildman–Crippen LogP) is 4.41. The molecule has 3 atom stereocenters. The average Bonchev–Trinajstić information content (AvgIpc) is 3.15. The first-order valence-electron chi connectivity index (χ1n) is 10.8. The molecule has 6 nitrogen and oxygen atoms in total. The van der Waals surface area contributed by atoms with E-state index in [0.717, 1.165) is 16.9 Å². The lowest BCUT2D eigenvalue weighted by molar-refractivity contribution is 0.0762. The maximum atomic E-state index is 12.2. The second-order valence-corrected chi connectivity index (χ2v) is 11.0. The normalized spacial score (nSPS) is 24.2. The van der Waals surface area contributed by atoms with Crippen molar-refractivity contribution in [2.24, 2.45) is 17.3 Å². The van der Waals surface area contributed by atoms with Gasteiger partial charge >= 0.3 is 6.09 Å². The van der Waals surface area contributed by atoms with Gasteiger partial charge in [-0.05, 0) is 55.2 Å². The van der Waals surface area contributed by atoms with E-state index in [1.54, 1.807) is 17.0 Å². The number of carbonyl (C=O) groups excluding carboxylic acids is 1. The SMILES string of the molecule is C=CC12CN(C(=O)OC(C)C)CC1C2COc1ccc(-c2ccc(S(C)(=O)=O)cc2)cc1. The molecule has 0 spiro atoms. The third-order valence-corrected chi connectivity index (χ3v) is 7.64. The molecular weight excluding hydrogens is 426 g/mol. The van der Waals surface area contributed by atoms with Gasteiger partial charge in [0.2, 0.25) is 0 Å². The fraction of sp³-hybridized carbons (Fsp3) is 0.400. The van der Waals surface area contributed by atoms with E-state index in [1.807, 2.05) is 56.3 Å². The smallest absolute Gasteiger partial charge is 0.410 e. The van der Waals surface area contributed by atoms with Crippen LogP contribution in [0.15, 0.2) is 66.1 Å². The van der Waals surface area contributed by atoms with E-state index < -0.39 is 9.84 Å². The Morgan fingerprint density at radius 3 is 2.25 bits per heavy atom. The molecular formula is C25H29NO5S.